The molecule has 0 aliphatic carbocycles. The molecule has 1 aromatic heterocycles. The van der Waals surface area contributed by atoms with Gasteiger partial charge in [-0.05, 0) is 40.7 Å². The lowest BCUT2D eigenvalue weighted by atomic mass is 9.72. The minimum Gasteiger partial charge on any atom is -0.341 e. The molecule has 2 fully saturated rings. The van der Waals surface area contributed by atoms with Crippen molar-refractivity contribution in [2.75, 3.05) is 31.1 Å². The highest BCUT2D eigenvalue weighted by molar-refractivity contribution is 5.92. The molecule has 1 spiro atoms. The Bertz CT molecular complexity index is 1050. The Morgan fingerprint density at radius 2 is 1.73 bits per heavy atom. The first-order valence-corrected chi connectivity index (χ1v) is 10.4. The van der Waals surface area contributed by atoms with Crippen LogP contribution >= 0.6 is 0 Å². The maximum absolute atomic E-state index is 11.4. The summed E-state index contributed by atoms with van der Waals surface area (Å²) in [5.74, 6) is 0.0480. The van der Waals surface area contributed by atoms with Crippen molar-refractivity contribution in [3.63, 3.8) is 0 Å². The number of hydrogen-bond donors (Lipinski definition) is 2. The van der Waals surface area contributed by atoms with Crippen LogP contribution in [0.1, 0.15) is 28.8 Å². The van der Waals surface area contributed by atoms with E-state index >= 15 is 0 Å². The first kappa shape index (κ1) is 19.0. The fourth-order valence-electron chi connectivity index (χ4n) is 4.77. The minimum absolute atomic E-state index is 0.248. The van der Waals surface area contributed by atoms with Crippen molar-refractivity contribution >= 4 is 22.6 Å². The Labute approximate surface area is 175 Å². The van der Waals surface area contributed by atoms with E-state index in [0.717, 1.165) is 45.6 Å². The molecule has 0 atom stereocenters. The van der Waals surface area contributed by atoms with Crippen molar-refractivity contribution < 1.29 is 10.0 Å². The summed E-state index contributed by atoms with van der Waals surface area (Å²) in [6.45, 7) is 5.15. The van der Waals surface area contributed by atoms with E-state index in [0.29, 0.717) is 11.4 Å². The lowest BCUT2D eigenvalue weighted by Crippen LogP contribution is -2.59. The van der Waals surface area contributed by atoms with Gasteiger partial charge >= 0.3 is 0 Å². The predicted octanol–water partition coefficient (Wildman–Crippen LogP) is 2.85. The molecule has 5 rings (SSSR count). The van der Waals surface area contributed by atoms with Crippen LogP contribution in [0.25, 0.3) is 10.8 Å². The van der Waals surface area contributed by atoms with Gasteiger partial charge in [-0.3, -0.25) is 14.9 Å². The van der Waals surface area contributed by atoms with Gasteiger partial charge in [0.2, 0.25) is 5.95 Å². The highest BCUT2D eigenvalue weighted by Gasteiger charge is 2.44. The summed E-state index contributed by atoms with van der Waals surface area (Å²) < 4.78 is 0. The van der Waals surface area contributed by atoms with Crippen molar-refractivity contribution in [2.24, 2.45) is 5.41 Å². The summed E-state index contributed by atoms with van der Waals surface area (Å²) in [5, 5.41) is 11.3. The zero-order chi connectivity index (χ0) is 20.6. The smallest absolute Gasteiger partial charge is 0.277 e. The average Bonchev–Trinajstić information content (AvgIpc) is 2.78. The van der Waals surface area contributed by atoms with E-state index in [2.05, 4.69) is 62.2 Å². The molecule has 3 aromatic rings. The molecule has 7 heteroatoms. The number of nitrogens with zero attached hydrogens (tertiary/aromatic N) is 4. The van der Waals surface area contributed by atoms with Gasteiger partial charge in [-0.2, -0.15) is 0 Å². The van der Waals surface area contributed by atoms with Crippen LogP contribution < -0.4 is 10.4 Å². The molecule has 0 radical (unpaired) electrons. The van der Waals surface area contributed by atoms with E-state index in [1.165, 1.54) is 28.7 Å². The lowest BCUT2D eigenvalue weighted by Gasteiger charge is -2.54. The van der Waals surface area contributed by atoms with Gasteiger partial charge < -0.3 is 4.90 Å². The standard InChI is InChI=1S/C23H25N5O2/c29-21(26-30)20-12-24-22(25-13-20)28-9-7-23(8-10-28)15-27(16-23)14-17-5-6-18-3-1-2-4-19(18)11-17/h1-6,11-13,30H,7-10,14-16H2,(H,26,29). The van der Waals surface area contributed by atoms with Gasteiger partial charge in [0.25, 0.3) is 5.91 Å². The van der Waals surface area contributed by atoms with Gasteiger partial charge in [0.1, 0.15) is 0 Å². The van der Waals surface area contributed by atoms with Gasteiger partial charge in [0.05, 0.1) is 5.56 Å². The van der Waals surface area contributed by atoms with Crippen LogP contribution in [-0.2, 0) is 6.54 Å². The molecule has 7 nitrogen and oxygen atoms in total. The van der Waals surface area contributed by atoms with Gasteiger partial charge in [0.15, 0.2) is 0 Å². The van der Waals surface area contributed by atoms with E-state index in [4.69, 9.17) is 5.21 Å². The number of amides is 1. The molecule has 1 amide bonds. The summed E-state index contributed by atoms with van der Waals surface area (Å²) in [4.78, 5) is 24.7. The van der Waals surface area contributed by atoms with Crippen molar-refractivity contribution in [1.29, 1.82) is 0 Å². The number of anilines is 1. The fourth-order valence-corrected chi connectivity index (χ4v) is 4.77. The third-order valence-corrected chi connectivity index (χ3v) is 6.45. The second kappa shape index (κ2) is 7.66. The number of carbonyl (C=O) groups is 1. The van der Waals surface area contributed by atoms with E-state index in [1.807, 2.05) is 0 Å². The molecular weight excluding hydrogens is 378 g/mol. The van der Waals surface area contributed by atoms with Crippen LogP contribution in [0.15, 0.2) is 54.9 Å². The van der Waals surface area contributed by atoms with Crippen LogP contribution in [0.4, 0.5) is 5.95 Å². The molecule has 30 heavy (non-hydrogen) atoms. The molecule has 2 N–H and O–H groups in total. The van der Waals surface area contributed by atoms with Crippen LogP contribution in [0.3, 0.4) is 0 Å². The maximum Gasteiger partial charge on any atom is 0.277 e. The number of aromatic nitrogens is 2. The van der Waals surface area contributed by atoms with Gasteiger partial charge in [0, 0.05) is 45.1 Å². The van der Waals surface area contributed by atoms with Crippen LogP contribution in [0, 0.1) is 5.41 Å². The van der Waals surface area contributed by atoms with E-state index in [9.17, 15) is 4.79 Å². The third kappa shape index (κ3) is 3.62. The normalized spacial score (nSPS) is 18.4. The molecule has 2 saturated heterocycles. The zero-order valence-corrected chi connectivity index (χ0v) is 16.8. The molecule has 2 aliphatic rings. The largest absolute Gasteiger partial charge is 0.341 e. The number of carbonyl (C=O) groups excluding carboxylic acids is 1. The molecule has 0 saturated carbocycles. The second-order valence-electron chi connectivity index (χ2n) is 8.53. The number of rotatable bonds is 4. The topological polar surface area (TPSA) is 81.6 Å². The molecule has 3 heterocycles. The molecule has 2 aromatic carbocycles. The van der Waals surface area contributed by atoms with Crippen LogP contribution in [0.2, 0.25) is 0 Å². The Hall–Kier alpha value is -3.03. The number of nitrogens with one attached hydrogen (secondary N) is 1. The number of hydroxylamine groups is 1. The van der Waals surface area contributed by atoms with Crippen molar-refractivity contribution in [3.8, 4) is 0 Å². The van der Waals surface area contributed by atoms with Gasteiger partial charge in [-0.1, -0.05) is 36.4 Å². The van der Waals surface area contributed by atoms with Crippen LogP contribution in [0.5, 0.6) is 0 Å². The fraction of sp³-hybridized carbons (Fsp3) is 0.348. The quantitative estimate of drug-likeness (QED) is 0.515. The molecule has 2 aliphatic heterocycles. The number of benzene rings is 2. The first-order valence-electron chi connectivity index (χ1n) is 10.4. The Morgan fingerprint density at radius 3 is 2.43 bits per heavy atom. The summed E-state index contributed by atoms with van der Waals surface area (Å²) in [6, 6.07) is 15.3. The Kier molecular flexibility index (Phi) is 4.84. The monoisotopic (exact) mass is 403 g/mol. The number of piperidine rings is 1. The highest BCUT2D eigenvalue weighted by atomic mass is 16.5. The van der Waals surface area contributed by atoms with Crippen molar-refractivity contribution in [2.45, 2.75) is 19.4 Å². The summed E-state index contributed by atoms with van der Waals surface area (Å²) in [6.07, 6.45) is 5.16. The van der Waals surface area contributed by atoms with E-state index < -0.39 is 5.91 Å². The minimum atomic E-state index is -0.597. The van der Waals surface area contributed by atoms with E-state index in [1.54, 1.807) is 5.48 Å². The molecule has 0 bridgehead atoms. The summed E-state index contributed by atoms with van der Waals surface area (Å²) in [5.41, 5.74) is 3.63. The second-order valence-corrected chi connectivity index (χ2v) is 8.53. The molecular formula is C23H25N5O2. The molecule has 154 valence electrons. The first-order chi connectivity index (χ1) is 14.6. The Balaban J connectivity index is 1.15. The number of likely N-dealkylation sites (tertiary alicyclic amines) is 1. The third-order valence-electron chi connectivity index (χ3n) is 6.45. The highest BCUT2D eigenvalue weighted by Crippen LogP contribution is 2.41. The SMILES string of the molecule is O=C(NO)c1cnc(N2CCC3(CC2)CN(Cc2ccc4ccccc4c2)C3)nc1. The van der Waals surface area contributed by atoms with Crippen molar-refractivity contribution in [1.82, 2.24) is 20.3 Å². The van der Waals surface area contributed by atoms with Gasteiger partial charge in [-0.15, -0.1) is 0 Å². The summed E-state index contributed by atoms with van der Waals surface area (Å²) in [7, 11) is 0. The molecule has 0 unspecified atom stereocenters. The van der Waals surface area contributed by atoms with E-state index in [-0.39, 0.29) is 5.56 Å². The average molecular weight is 403 g/mol. The maximum atomic E-state index is 11.4. The Morgan fingerprint density at radius 1 is 1.03 bits per heavy atom. The number of hydrogen-bond acceptors (Lipinski definition) is 6. The lowest BCUT2D eigenvalue weighted by molar-refractivity contribution is -0.0241. The van der Waals surface area contributed by atoms with Crippen LogP contribution in [-0.4, -0.2) is 52.2 Å². The number of fused-ring (bicyclic) bond motifs is 1. The summed E-state index contributed by atoms with van der Waals surface area (Å²) >= 11 is 0. The van der Waals surface area contributed by atoms with Crippen molar-refractivity contribution in [3.05, 3.63) is 66.0 Å². The predicted molar refractivity (Wildman–Crippen MR) is 114 cm³/mol. The zero-order valence-electron chi connectivity index (χ0n) is 16.8. The van der Waals surface area contributed by atoms with Gasteiger partial charge in [-0.25, -0.2) is 15.4 Å².